The molecule has 0 radical (unpaired) electrons. The number of rotatable bonds is 2. The van der Waals surface area contributed by atoms with Gasteiger partial charge in [-0.1, -0.05) is 5.16 Å². The number of benzene rings is 1. The predicted molar refractivity (Wildman–Crippen MR) is 70.3 cm³/mol. The Hall–Kier alpha value is -1.99. The van der Waals surface area contributed by atoms with E-state index in [9.17, 15) is 4.39 Å². The summed E-state index contributed by atoms with van der Waals surface area (Å²) in [5.74, 6) is 0.232. The summed E-state index contributed by atoms with van der Waals surface area (Å²) in [6.45, 7) is 2.21. The topological polar surface area (TPSA) is 77.4 Å². The highest BCUT2D eigenvalue weighted by Crippen LogP contribution is 2.25. The monoisotopic (exact) mass is 278 g/mol. The van der Waals surface area contributed by atoms with Gasteiger partial charge in [0.25, 0.3) is 5.89 Å². The molecule has 1 unspecified atom stereocenters. The predicted octanol–water partition coefficient (Wildman–Crippen LogP) is 1.46. The molecule has 1 aliphatic heterocycles. The summed E-state index contributed by atoms with van der Waals surface area (Å²) < 4.78 is 24.2. The highest BCUT2D eigenvalue weighted by Gasteiger charge is 2.24. The summed E-state index contributed by atoms with van der Waals surface area (Å²) in [5.41, 5.74) is 6.03. The Labute approximate surface area is 115 Å². The van der Waals surface area contributed by atoms with Crippen LogP contribution in [0.3, 0.4) is 0 Å². The van der Waals surface area contributed by atoms with Crippen molar-refractivity contribution < 1.29 is 13.7 Å². The van der Waals surface area contributed by atoms with Crippen molar-refractivity contribution in [3.8, 4) is 11.5 Å². The van der Waals surface area contributed by atoms with Crippen molar-refractivity contribution in [2.45, 2.75) is 6.10 Å². The zero-order valence-corrected chi connectivity index (χ0v) is 11.0. The maximum absolute atomic E-state index is 13.4. The molecule has 3 rings (SSSR count). The van der Waals surface area contributed by atoms with Crippen LogP contribution in [0.2, 0.25) is 0 Å². The molecular weight excluding hydrogens is 263 g/mol. The molecule has 0 amide bonds. The molecule has 1 fully saturated rings. The number of hydrogen-bond acceptors (Lipinski definition) is 6. The smallest absolute Gasteiger partial charge is 0.258 e. The van der Waals surface area contributed by atoms with Crippen molar-refractivity contribution in [1.82, 2.24) is 15.0 Å². The molecule has 20 heavy (non-hydrogen) atoms. The number of morpholine rings is 1. The zero-order valence-electron chi connectivity index (χ0n) is 11.0. The lowest BCUT2D eigenvalue weighted by Gasteiger charge is -2.27. The summed E-state index contributed by atoms with van der Waals surface area (Å²) in [7, 11) is 2.01. The Morgan fingerprint density at radius 1 is 1.45 bits per heavy atom. The minimum atomic E-state index is -0.504. The number of aromatic nitrogens is 2. The van der Waals surface area contributed by atoms with Gasteiger partial charge >= 0.3 is 0 Å². The Morgan fingerprint density at radius 2 is 2.30 bits per heavy atom. The van der Waals surface area contributed by atoms with Crippen molar-refractivity contribution in [3.05, 3.63) is 29.8 Å². The van der Waals surface area contributed by atoms with E-state index < -0.39 is 5.82 Å². The third-order valence-electron chi connectivity index (χ3n) is 3.25. The molecule has 1 saturated heterocycles. The van der Waals surface area contributed by atoms with E-state index in [2.05, 4.69) is 15.0 Å². The van der Waals surface area contributed by atoms with Crippen LogP contribution in [-0.2, 0) is 4.74 Å². The van der Waals surface area contributed by atoms with Crippen molar-refractivity contribution in [1.29, 1.82) is 0 Å². The molecule has 1 aliphatic rings. The van der Waals surface area contributed by atoms with Crippen molar-refractivity contribution in [2.24, 2.45) is 0 Å². The third kappa shape index (κ3) is 2.50. The summed E-state index contributed by atoms with van der Waals surface area (Å²) in [4.78, 5) is 6.40. The van der Waals surface area contributed by atoms with Gasteiger partial charge in [-0.15, -0.1) is 0 Å². The minimum absolute atomic E-state index is 0.0886. The second-order valence-electron chi connectivity index (χ2n) is 4.82. The molecule has 0 bridgehead atoms. The SMILES string of the molecule is CN1CCOC(c2noc(-c3ccc(N)c(F)c3)n2)C1. The Morgan fingerprint density at radius 3 is 3.05 bits per heavy atom. The summed E-state index contributed by atoms with van der Waals surface area (Å²) in [6, 6.07) is 4.39. The maximum atomic E-state index is 13.4. The Balaban J connectivity index is 1.84. The molecule has 6 nitrogen and oxygen atoms in total. The van der Waals surface area contributed by atoms with E-state index in [1.807, 2.05) is 7.05 Å². The lowest BCUT2D eigenvalue weighted by Crippen LogP contribution is -2.35. The van der Waals surface area contributed by atoms with Gasteiger partial charge in [-0.3, -0.25) is 0 Å². The Bertz CT molecular complexity index is 616. The van der Waals surface area contributed by atoms with E-state index in [4.69, 9.17) is 15.0 Å². The van der Waals surface area contributed by atoms with Crippen LogP contribution >= 0.6 is 0 Å². The largest absolute Gasteiger partial charge is 0.396 e. The molecule has 2 N–H and O–H groups in total. The fraction of sp³-hybridized carbons (Fsp3) is 0.385. The molecular formula is C13H15FN4O2. The molecule has 0 spiro atoms. The highest BCUT2D eigenvalue weighted by molar-refractivity contribution is 5.57. The average Bonchev–Trinajstić information content (AvgIpc) is 2.92. The van der Waals surface area contributed by atoms with Crippen LogP contribution in [0, 0.1) is 5.82 Å². The Kier molecular flexibility index (Phi) is 3.37. The molecule has 0 aliphatic carbocycles. The van der Waals surface area contributed by atoms with Crippen molar-refractivity contribution >= 4 is 5.69 Å². The van der Waals surface area contributed by atoms with Gasteiger partial charge in [-0.05, 0) is 25.2 Å². The molecule has 7 heteroatoms. The fourth-order valence-electron chi connectivity index (χ4n) is 2.08. The van der Waals surface area contributed by atoms with Gasteiger partial charge in [0, 0.05) is 18.7 Å². The molecule has 1 aromatic heterocycles. The number of nitrogens with two attached hydrogens (primary N) is 1. The summed E-state index contributed by atoms with van der Waals surface area (Å²) in [5, 5.41) is 3.91. The maximum Gasteiger partial charge on any atom is 0.258 e. The number of nitrogen functional groups attached to an aromatic ring is 1. The molecule has 1 aromatic carbocycles. The lowest BCUT2D eigenvalue weighted by molar-refractivity contribution is -0.0264. The fourth-order valence-corrected chi connectivity index (χ4v) is 2.08. The van der Waals surface area contributed by atoms with E-state index in [-0.39, 0.29) is 17.7 Å². The molecule has 0 saturated carbocycles. The van der Waals surface area contributed by atoms with Crippen LogP contribution in [0.1, 0.15) is 11.9 Å². The van der Waals surface area contributed by atoms with Crippen LogP contribution in [0.15, 0.2) is 22.7 Å². The highest BCUT2D eigenvalue weighted by atomic mass is 19.1. The van der Waals surface area contributed by atoms with Gasteiger partial charge < -0.3 is 19.9 Å². The van der Waals surface area contributed by atoms with E-state index in [1.165, 1.54) is 12.1 Å². The summed E-state index contributed by atoms with van der Waals surface area (Å²) >= 11 is 0. The number of halogens is 1. The number of likely N-dealkylation sites (N-methyl/N-ethyl adjacent to an activating group) is 1. The summed E-state index contributed by atoms with van der Waals surface area (Å²) in [6.07, 6.45) is -0.218. The van der Waals surface area contributed by atoms with E-state index in [0.717, 1.165) is 6.54 Å². The van der Waals surface area contributed by atoms with E-state index in [1.54, 1.807) is 6.07 Å². The first-order valence-electron chi connectivity index (χ1n) is 6.32. The van der Waals surface area contributed by atoms with Gasteiger partial charge in [0.05, 0.1) is 12.3 Å². The molecule has 2 heterocycles. The molecule has 106 valence electrons. The van der Waals surface area contributed by atoms with Gasteiger partial charge in [0.15, 0.2) is 0 Å². The van der Waals surface area contributed by atoms with Crippen LogP contribution in [0.25, 0.3) is 11.5 Å². The minimum Gasteiger partial charge on any atom is -0.396 e. The van der Waals surface area contributed by atoms with Gasteiger partial charge in [-0.25, -0.2) is 4.39 Å². The average molecular weight is 278 g/mol. The normalized spacial score (nSPS) is 20.2. The number of nitrogens with zero attached hydrogens (tertiary/aromatic N) is 3. The van der Waals surface area contributed by atoms with Gasteiger partial charge in [0.1, 0.15) is 11.9 Å². The van der Waals surface area contributed by atoms with Crippen LogP contribution in [0.4, 0.5) is 10.1 Å². The van der Waals surface area contributed by atoms with Crippen molar-refractivity contribution in [2.75, 3.05) is 32.5 Å². The number of anilines is 1. The zero-order chi connectivity index (χ0) is 14.1. The van der Waals surface area contributed by atoms with Crippen LogP contribution < -0.4 is 5.73 Å². The second kappa shape index (κ2) is 5.18. The van der Waals surface area contributed by atoms with Crippen LogP contribution in [-0.4, -0.2) is 41.8 Å². The van der Waals surface area contributed by atoms with Gasteiger partial charge in [-0.2, -0.15) is 4.98 Å². The first-order chi connectivity index (χ1) is 9.63. The number of hydrogen-bond donors (Lipinski definition) is 1. The molecule has 2 aromatic rings. The number of ether oxygens (including phenoxy) is 1. The first kappa shape index (κ1) is 13.0. The second-order valence-corrected chi connectivity index (χ2v) is 4.82. The third-order valence-corrected chi connectivity index (χ3v) is 3.25. The van der Waals surface area contributed by atoms with E-state index in [0.29, 0.717) is 24.5 Å². The molecule has 1 atom stereocenters. The van der Waals surface area contributed by atoms with Crippen molar-refractivity contribution in [3.63, 3.8) is 0 Å². The van der Waals surface area contributed by atoms with Gasteiger partial charge in [0.2, 0.25) is 5.82 Å². The lowest BCUT2D eigenvalue weighted by atomic mass is 10.2. The first-order valence-corrected chi connectivity index (χ1v) is 6.32. The van der Waals surface area contributed by atoms with E-state index >= 15 is 0 Å². The standard InChI is InChI=1S/C13H15FN4O2/c1-18-4-5-19-11(7-18)12-16-13(20-17-12)8-2-3-10(15)9(14)6-8/h2-3,6,11H,4-5,7,15H2,1H3. The van der Waals surface area contributed by atoms with Crippen LogP contribution in [0.5, 0.6) is 0 Å². The quantitative estimate of drug-likeness (QED) is 0.838.